The van der Waals surface area contributed by atoms with Crippen molar-refractivity contribution in [3.63, 3.8) is 0 Å². The van der Waals surface area contributed by atoms with Crippen molar-refractivity contribution < 1.29 is 9.63 Å². The van der Waals surface area contributed by atoms with Crippen molar-refractivity contribution in [1.29, 1.82) is 5.53 Å². The first-order chi connectivity index (χ1) is 12.5. The minimum atomic E-state index is -0.205. The van der Waals surface area contributed by atoms with Crippen molar-refractivity contribution in [1.82, 2.24) is 9.38 Å². The lowest BCUT2D eigenvalue weighted by Gasteiger charge is -2.11. The van der Waals surface area contributed by atoms with Crippen LogP contribution in [0.5, 0.6) is 5.75 Å². The van der Waals surface area contributed by atoms with Crippen LogP contribution in [0.1, 0.15) is 29.4 Å². The van der Waals surface area contributed by atoms with Gasteiger partial charge in [0.1, 0.15) is 5.65 Å². The summed E-state index contributed by atoms with van der Waals surface area (Å²) < 4.78 is 2.09. The largest absolute Gasteiger partial charge is 0.337 e. The van der Waals surface area contributed by atoms with Gasteiger partial charge in [-0.1, -0.05) is 18.2 Å². The molecule has 0 saturated carbocycles. The summed E-state index contributed by atoms with van der Waals surface area (Å²) in [5.74, 6) is 0.193. The topological polar surface area (TPSA) is 91.8 Å². The summed E-state index contributed by atoms with van der Waals surface area (Å²) in [6, 6.07) is 9.54. The Hall–Kier alpha value is -3.22. The van der Waals surface area contributed by atoms with Crippen LogP contribution in [0.2, 0.25) is 0 Å². The summed E-state index contributed by atoms with van der Waals surface area (Å²) in [5.41, 5.74) is 12.6. The Balaban J connectivity index is 1.90. The number of aromatic nitrogens is 2. The standard InChI is InChI=1S/C19H21N5O2/c1-12-6-5-11-24-13(2)16(22-19(12)24)10-9-15-7-4-8-17(21-14(3)25)18(15)26-23-20/h4-8,11,20H,9-10H2,1-3H3,(H,21,25). The first kappa shape index (κ1) is 17.6. The molecule has 0 unspecified atom stereocenters. The van der Waals surface area contributed by atoms with E-state index in [1.807, 2.05) is 37.4 Å². The molecule has 0 spiro atoms. The molecule has 1 aromatic carbocycles. The lowest BCUT2D eigenvalue weighted by Crippen LogP contribution is -2.08. The number of hydrogen-bond donors (Lipinski definition) is 2. The number of carbonyl (C=O) groups is 1. The van der Waals surface area contributed by atoms with Crippen molar-refractivity contribution >= 4 is 17.2 Å². The highest BCUT2D eigenvalue weighted by atomic mass is 16.6. The molecule has 0 aliphatic carbocycles. The van der Waals surface area contributed by atoms with Crippen LogP contribution in [0, 0.1) is 19.4 Å². The van der Waals surface area contributed by atoms with E-state index in [9.17, 15) is 4.79 Å². The van der Waals surface area contributed by atoms with Gasteiger partial charge < -0.3 is 14.6 Å². The van der Waals surface area contributed by atoms with Crippen molar-refractivity contribution in [3.8, 4) is 5.75 Å². The molecule has 0 atom stereocenters. The average molecular weight is 351 g/mol. The van der Waals surface area contributed by atoms with Gasteiger partial charge >= 0.3 is 0 Å². The Morgan fingerprint density at radius 3 is 2.77 bits per heavy atom. The summed E-state index contributed by atoms with van der Waals surface area (Å²) in [5, 5.41) is 5.74. The van der Waals surface area contributed by atoms with E-state index in [1.54, 1.807) is 6.07 Å². The van der Waals surface area contributed by atoms with Crippen molar-refractivity contribution in [2.45, 2.75) is 33.6 Å². The maximum atomic E-state index is 11.4. The molecular weight excluding hydrogens is 330 g/mol. The molecule has 0 fully saturated rings. The lowest BCUT2D eigenvalue weighted by molar-refractivity contribution is -0.114. The average Bonchev–Trinajstić information content (AvgIpc) is 2.93. The smallest absolute Gasteiger partial charge is 0.221 e. The number of amides is 1. The van der Waals surface area contributed by atoms with Crippen LogP contribution in [-0.2, 0) is 17.6 Å². The van der Waals surface area contributed by atoms with E-state index in [0.717, 1.165) is 28.2 Å². The number of aryl methyl sites for hydroxylation is 4. The minimum absolute atomic E-state index is 0.205. The van der Waals surface area contributed by atoms with E-state index in [-0.39, 0.29) is 5.91 Å². The molecule has 3 rings (SSSR count). The fourth-order valence-electron chi connectivity index (χ4n) is 3.08. The van der Waals surface area contributed by atoms with Crippen LogP contribution in [0.25, 0.3) is 5.65 Å². The molecule has 2 N–H and O–H groups in total. The predicted molar refractivity (Wildman–Crippen MR) is 98.6 cm³/mol. The number of nitrogens with zero attached hydrogens (tertiary/aromatic N) is 3. The Morgan fingerprint density at radius 1 is 1.27 bits per heavy atom. The highest BCUT2D eigenvalue weighted by molar-refractivity contribution is 5.90. The van der Waals surface area contributed by atoms with Crippen LogP contribution < -0.4 is 10.2 Å². The third-order valence-electron chi connectivity index (χ3n) is 4.36. The molecule has 0 saturated heterocycles. The molecule has 2 heterocycles. The summed E-state index contributed by atoms with van der Waals surface area (Å²) in [4.78, 5) is 21.3. The van der Waals surface area contributed by atoms with Gasteiger partial charge in [0.15, 0.2) is 5.75 Å². The van der Waals surface area contributed by atoms with Gasteiger partial charge in [0, 0.05) is 29.7 Å². The third kappa shape index (κ3) is 3.42. The predicted octanol–water partition coefficient (Wildman–Crippen LogP) is 4.02. The number of benzene rings is 1. The van der Waals surface area contributed by atoms with Gasteiger partial charge in [-0.3, -0.25) is 4.79 Å². The quantitative estimate of drug-likeness (QED) is 0.519. The molecule has 2 aromatic heterocycles. The fraction of sp³-hybridized carbons (Fsp3) is 0.263. The SMILES string of the molecule is CC(=O)Nc1cccc(CCc2nc3c(C)cccn3c2C)c1ON=N. The van der Waals surface area contributed by atoms with Crippen LogP contribution in [-0.4, -0.2) is 15.3 Å². The molecule has 7 nitrogen and oxygen atoms in total. The lowest BCUT2D eigenvalue weighted by atomic mass is 10.1. The Bertz CT molecular complexity index is 977. The van der Waals surface area contributed by atoms with Gasteiger partial charge in [-0.2, -0.15) is 5.53 Å². The molecule has 134 valence electrons. The number of pyridine rings is 1. The molecule has 0 bridgehead atoms. The van der Waals surface area contributed by atoms with E-state index in [2.05, 4.69) is 21.9 Å². The number of anilines is 1. The van der Waals surface area contributed by atoms with Gasteiger partial charge in [0.05, 0.1) is 11.4 Å². The van der Waals surface area contributed by atoms with Crippen LogP contribution in [0.4, 0.5) is 5.69 Å². The highest BCUT2D eigenvalue weighted by Gasteiger charge is 2.14. The van der Waals surface area contributed by atoms with Crippen molar-refractivity contribution in [2.75, 3.05) is 5.32 Å². The zero-order chi connectivity index (χ0) is 18.7. The van der Waals surface area contributed by atoms with E-state index in [4.69, 9.17) is 15.4 Å². The molecular formula is C19H21N5O2. The fourth-order valence-corrected chi connectivity index (χ4v) is 3.08. The number of hydrogen-bond acceptors (Lipinski definition) is 5. The summed E-state index contributed by atoms with van der Waals surface area (Å²) in [6.07, 6.45) is 3.38. The Morgan fingerprint density at radius 2 is 2.08 bits per heavy atom. The van der Waals surface area contributed by atoms with E-state index in [0.29, 0.717) is 24.3 Å². The molecule has 3 aromatic rings. The Labute approximate surface area is 151 Å². The van der Waals surface area contributed by atoms with Gasteiger partial charge in [0.2, 0.25) is 5.91 Å². The highest BCUT2D eigenvalue weighted by Crippen LogP contribution is 2.30. The maximum Gasteiger partial charge on any atom is 0.221 e. The number of nitrogens with one attached hydrogen (secondary N) is 2. The molecule has 0 aliphatic rings. The molecule has 1 amide bonds. The summed E-state index contributed by atoms with van der Waals surface area (Å²) in [6.45, 7) is 5.53. The molecule has 26 heavy (non-hydrogen) atoms. The molecule has 0 radical (unpaired) electrons. The van der Waals surface area contributed by atoms with Gasteiger partial charge in [-0.15, -0.1) is 0 Å². The Kier molecular flexibility index (Phi) is 4.97. The zero-order valence-corrected chi connectivity index (χ0v) is 15.0. The maximum absolute atomic E-state index is 11.4. The molecule has 0 aliphatic heterocycles. The first-order valence-electron chi connectivity index (χ1n) is 8.37. The normalized spacial score (nSPS) is 10.7. The van der Waals surface area contributed by atoms with E-state index >= 15 is 0 Å². The van der Waals surface area contributed by atoms with Gasteiger partial charge in [-0.25, -0.2) is 4.98 Å². The third-order valence-corrected chi connectivity index (χ3v) is 4.36. The number of fused-ring (bicyclic) bond motifs is 1. The van der Waals surface area contributed by atoms with Crippen molar-refractivity contribution in [3.05, 3.63) is 59.0 Å². The summed E-state index contributed by atoms with van der Waals surface area (Å²) in [7, 11) is 0. The minimum Gasteiger partial charge on any atom is -0.337 e. The van der Waals surface area contributed by atoms with Gasteiger partial charge in [-0.05, 0) is 44.4 Å². The first-order valence-corrected chi connectivity index (χ1v) is 8.37. The van der Waals surface area contributed by atoms with Crippen LogP contribution >= 0.6 is 0 Å². The van der Waals surface area contributed by atoms with E-state index < -0.39 is 0 Å². The second-order valence-corrected chi connectivity index (χ2v) is 6.19. The van der Waals surface area contributed by atoms with Crippen molar-refractivity contribution in [2.24, 2.45) is 5.28 Å². The zero-order valence-electron chi connectivity index (χ0n) is 15.0. The second kappa shape index (κ2) is 7.35. The van der Waals surface area contributed by atoms with Crippen LogP contribution in [0.15, 0.2) is 41.8 Å². The van der Waals surface area contributed by atoms with Crippen LogP contribution in [0.3, 0.4) is 0 Å². The number of imidazole rings is 1. The number of rotatable bonds is 6. The summed E-state index contributed by atoms with van der Waals surface area (Å²) >= 11 is 0. The molecule has 7 heteroatoms. The second-order valence-electron chi connectivity index (χ2n) is 6.19. The van der Waals surface area contributed by atoms with E-state index in [1.165, 1.54) is 6.92 Å². The van der Waals surface area contributed by atoms with Gasteiger partial charge in [0.25, 0.3) is 0 Å². The monoisotopic (exact) mass is 351 g/mol. The number of carbonyl (C=O) groups excluding carboxylic acids is 1. The number of para-hydroxylation sites is 1.